The number of carbonyl (C=O) groups is 1. The highest BCUT2D eigenvalue weighted by atomic mass is 32.1. The van der Waals surface area contributed by atoms with Crippen molar-refractivity contribution in [1.82, 2.24) is 9.80 Å². The van der Waals surface area contributed by atoms with Crippen molar-refractivity contribution in [3.63, 3.8) is 0 Å². The van der Waals surface area contributed by atoms with E-state index in [2.05, 4.69) is 11.0 Å². The van der Waals surface area contributed by atoms with Crippen LogP contribution in [0.3, 0.4) is 0 Å². The molecule has 0 atom stereocenters. The van der Waals surface area contributed by atoms with Crippen molar-refractivity contribution in [3.05, 3.63) is 22.4 Å². The second-order valence-electron chi connectivity index (χ2n) is 5.29. The smallest absolute Gasteiger partial charge is 0.227 e. The Bertz CT molecular complexity index is 467. The molecule has 0 unspecified atom stereocenters. The third-order valence-corrected chi connectivity index (χ3v) is 4.48. The Labute approximate surface area is 118 Å². The molecule has 0 aromatic carbocycles. The van der Waals surface area contributed by atoms with Crippen LogP contribution < -0.4 is 0 Å². The third-order valence-electron chi connectivity index (χ3n) is 3.60. The predicted octanol–water partition coefficient (Wildman–Crippen LogP) is 1.74. The Kier molecular flexibility index (Phi) is 4.23. The number of rotatable bonds is 3. The standard InChI is InChI=1S/C14H19N3OS/c1-14(2,11-15)17-7-5-16(6-8-17)13(18)10-12-4-3-9-19-12/h3-4,9H,5-8,10H2,1-2H3. The maximum atomic E-state index is 12.1. The maximum Gasteiger partial charge on any atom is 0.227 e. The van der Waals surface area contributed by atoms with Crippen LogP contribution in [0, 0.1) is 11.3 Å². The molecule has 4 nitrogen and oxygen atoms in total. The van der Waals surface area contributed by atoms with Crippen molar-refractivity contribution in [2.75, 3.05) is 26.2 Å². The van der Waals surface area contributed by atoms with Gasteiger partial charge >= 0.3 is 0 Å². The minimum atomic E-state index is -0.442. The Morgan fingerprint density at radius 3 is 2.63 bits per heavy atom. The number of piperazine rings is 1. The summed E-state index contributed by atoms with van der Waals surface area (Å²) in [7, 11) is 0. The summed E-state index contributed by atoms with van der Waals surface area (Å²) in [6.07, 6.45) is 0.499. The van der Waals surface area contributed by atoms with Gasteiger partial charge in [0.15, 0.2) is 0 Å². The lowest BCUT2D eigenvalue weighted by atomic mass is 10.0. The molecule has 102 valence electrons. The fourth-order valence-electron chi connectivity index (χ4n) is 2.26. The molecule has 5 heteroatoms. The number of hydrogen-bond acceptors (Lipinski definition) is 4. The molecule has 0 radical (unpaired) electrons. The second kappa shape index (κ2) is 5.72. The van der Waals surface area contributed by atoms with E-state index in [9.17, 15) is 4.79 Å². The summed E-state index contributed by atoms with van der Waals surface area (Å²) in [6.45, 7) is 6.84. The Hall–Kier alpha value is -1.38. The van der Waals surface area contributed by atoms with Crippen LogP contribution in [0.2, 0.25) is 0 Å². The highest BCUT2D eigenvalue weighted by molar-refractivity contribution is 7.10. The first kappa shape index (κ1) is 14.0. The molecule has 2 heterocycles. The van der Waals surface area contributed by atoms with E-state index in [0.29, 0.717) is 6.42 Å². The molecule has 0 spiro atoms. The zero-order valence-corrected chi connectivity index (χ0v) is 12.2. The van der Waals surface area contributed by atoms with Gasteiger partial charge in [0.25, 0.3) is 0 Å². The molecule has 1 saturated heterocycles. The van der Waals surface area contributed by atoms with Crippen LogP contribution in [0.25, 0.3) is 0 Å². The van der Waals surface area contributed by atoms with Crippen molar-refractivity contribution in [2.24, 2.45) is 0 Å². The highest BCUT2D eigenvalue weighted by Crippen LogP contribution is 2.17. The van der Waals surface area contributed by atoms with Gasteiger partial charge in [-0.25, -0.2) is 0 Å². The zero-order valence-electron chi connectivity index (χ0n) is 11.4. The van der Waals surface area contributed by atoms with Crippen LogP contribution in [0.5, 0.6) is 0 Å². The van der Waals surface area contributed by atoms with Gasteiger partial charge in [0.2, 0.25) is 5.91 Å². The average molecular weight is 277 g/mol. The van der Waals surface area contributed by atoms with Gasteiger partial charge in [-0.05, 0) is 25.3 Å². The summed E-state index contributed by atoms with van der Waals surface area (Å²) in [5, 5.41) is 11.1. The molecular formula is C14H19N3OS. The molecule has 0 aliphatic carbocycles. The molecule has 0 N–H and O–H groups in total. The Balaban J connectivity index is 1.87. The van der Waals surface area contributed by atoms with Gasteiger partial charge < -0.3 is 4.90 Å². The summed E-state index contributed by atoms with van der Waals surface area (Å²) in [6, 6.07) is 6.29. The molecule has 1 aromatic heterocycles. The van der Waals surface area contributed by atoms with Crippen LogP contribution in [0.15, 0.2) is 17.5 Å². The second-order valence-corrected chi connectivity index (χ2v) is 6.33. The van der Waals surface area contributed by atoms with Gasteiger partial charge in [-0.2, -0.15) is 5.26 Å². The monoisotopic (exact) mass is 277 g/mol. The molecular weight excluding hydrogens is 258 g/mol. The number of amides is 1. The van der Waals surface area contributed by atoms with Gasteiger partial charge in [-0.15, -0.1) is 11.3 Å². The predicted molar refractivity (Wildman–Crippen MR) is 75.9 cm³/mol. The fourth-order valence-corrected chi connectivity index (χ4v) is 2.96. The lowest BCUT2D eigenvalue weighted by Crippen LogP contribution is -2.55. The maximum absolute atomic E-state index is 12.1. The van der Waals surface area contributed by atoms with Gasteiger partial charge in [-0.1, -0.05) is 6.07 Å². The lowest BCUT2D eigenvalue weighted by Gasteiger charge is -2.40. The van der Waals surface area contributed by atoms with Crippen molar-refractivity contribution in [2.45, 2.75) is 25.8 Å². The minimum Gasteiger partial charge on any atom is -0.340 e. The van der Waals surface area contributed by atoms with Crippen LogP contribution in [-0.4, -0.2) is 47.4 Å². The molecule has 1 aliphatic heterocycles. The largest absolute Gasteiger partial charge is 0.340 e. The molecule has 2 rings (SSSR count). The molecule has 19 heavy (non-hydrogen) atoms. The molecule has 1 fully saturated rings. The minimum absolute atomic E-state index is 0.192. The van der Waals surface area contributed by atoms with Crippen molar-refractivity contribution in [1.29, 1.82) is 5.26 Å². The lowest BCUT2D eigenvalue weighted by molar-refractivity contribution is -0.132. The molecule has 0 bridgehead atoms. The molecule has 0 saturated carbocycles. The number of nitriles is 1. The quantitative estimate of drug-likeness (QED) is 0.845. The van der Waals surface area contributed by atoms with Crippen LogP contribution >= 0.6 is 11.3 Å². The summed E-state index contributed by atoms with van der Waals surface area (Å²) in [5.41, 5.74) is -0.442. The van der Waals surface area contributed by atoms with Crippen molar-refractivity contribution < 1.29 is 4.79 Å². The van der Waals surface area contributed by atoms with Gasteiger partial charge in [0.1, 0.15) is 5.54 Å². The van der Waals surface area contributed by atoms with Crippen LogP contribution in [0.1, 0.15) is 18.7 Å². The van der Waals surface area contributed by atoms with E-state index in [-0.39, 0.29) is 5.91 Å². The first-order chi connectivity index (χ1) is 9.03. The van der Waals surface area contributed by atoms with Crippen molar-refractivity contribution in [3.8, 4) is 6.07 Å². The third kappa shape index (κ3) is 3.34. The molecule has 1 amide bonds. The van der Waals surface area contributed by atoms with Crippen LogP contribution in [-0.2, 0) is 11.2 Å². The summed E-state index contributed by atoms with van der Waals surface area (Å²) in [5.74, 6) is 0.192. The van der Waals surface area contributed by atoms with E-state index in [1.54, 1.807) is 11.3 Å². The fraction of sp³-hybridized carbons (Fsp3) is 0.571. The SMILES string of the molecule is CC(C)(C#N)N1CCN(C(=O)Cc2cccs2)CC1. The first-order valence-electron chi connectivity index (χ1n) is 6.49. The van der Waals surface area contributed by atoms with E-state index in [1.165, 1.54) is 0 Å². The van der Waals surface area contributed by atoms with Crippen molar-refractivity contribution >= 4 is 17.2 Å². The van der Waals surface area contributed by atoms with Gasteiger partial charge in [-0.3, -0.25) is 9.69 Å². The number of carbonyl (C=O) groups excluding carboxylic acids is 1. The zero-order chi connectivity index (χ0) is 13.9. The molecule has 1 aromatic rings. The number of hydrogen-bond donors (Lipinski definition) is 0. The normalized spacial score (nSPS) is 17.2. The van der Waals surface area contributed by atoms with E-state index in [4.69, 9.17) is 5.26 Å². The average Bonchev–Trinajstić information content (AvgIpc) is 2.91. The summed E-state index contributed by atoms with van der Waals surface area (Å²) < 4.78 is 0. The summed E-state index contributed by atoms with van der Waals surface area (Å²) in [4.78, 5) is 17.3. The van der Waals surface area contributed by atoms with Gasteiger partial charge in [0, 0.05) is 31.1 Å². The summed E-state index contributed by atoms with van der Waals surface area (Å²) >= 11 is 1.62. The van der Waals surface area contributed by atoms with E-state index >= 15 is 0 Å². The first-order valence-corrected chi connectivity index (χ1v) is 7.37. The molecule has 1 aliphatic rings. The van der Waals surface area contributed by atoms with E-state index in [0.717, 1.165) is 31.1 Å². The topological polar surface area (TPSA) is 47.3 Å². The number of nitrogens with zero attached hydrogens (tertiary/aromatic N) is 3. The van der Waals surface area contributed by atoms with Gasteiger partial charge in [0.05, 0.1) is 12.5 Å². The highest BCUT2D eigenvalue weighted by Gasteiger charge is 2.30. The Morgan fingerprint density at radius 1 is 1.42 bits per heavy atom. The van der Waals surface area contributed by atoms with E-state index < -0.39 is 5.54 Å². The Morgan fingerprint density at radius 2 is 2.11 bits per heavy atom. The van der Waals surface area contributed by atoms with Crippen LogP contribution in [0.4, 0.5) is 0 Å². The number of thiophene rings is 1. The van der Waals surface area contributed by atoms with E-state index in [1.807, 2.05) is 36.3 Å².